The number of hydrogen-bond donors (Lipinski definition) is 1. The first-order valence-electron chi connectivity index (χ1n) is 6.17. The van der Waals surface area contributed by atoms with Gasteiger partial charge >= 0.3 is 0 Å². The molecule has 0 spiro atoms. The van der Waals surface area contributed by atoms with E-state index in [0.717, 1.165) is 16.7 Å². The second-order valence-corrected chi connectivity index (χ2v) is 4.54. The largest absolute Gasteiger partial charge is 0.278 e. The molecule has 0 saturated heterocycles. The molecule has 2 rings (SSSR count). The van der Waals surface area contributed by atoms with Crippen molar-refractivity contribution in [2.24, 2.45) is 5.10 Å². The molecule has 0 aliphatic carbocycles. The van der Waals surface area contributed by atoms with Crippen molar-refractivity contribution in [1.82, 2.24) is 0 Å². The van der Waals surface area contributed by atoms with Gasteiger partial charge in [-0.05, 0) is 31.0 Å². The second kappa shape index (κ2) is 5.97. The van der Waals surface area contributed by atoms with Crippen LogP contribution in [0.15, 0.2) is 47.6 Å². The summed E-state index contributed by atoms with van der Waals surface area (Å²) in [5.41, 5.74) is 6.72. The Hall–Kier alpha value is -2.69. The molecule has 2 aromatic carbocycles. The van der Waals surface area contributed by atoms with Gasteiger partial charge in [0, 0.05) is 12.1 Å². The first-order valence-corrected chi connectivity index (χ1v) is 6.17. The molecule has 0 aromatic heterocycles. The number of hydrogen-bond acceptors (Lipinski definition) is 4. The van der Waals surface area contributed by atoms with Crippen LogP contribution in [0.2, 0.25) is 0 Å². The minimum Gasteiger partial charge on any atom is -0.278 e. The molecule has 0 atom stereocenters. The summed E-state index contributed by atoms with van der Waals surface area (Å²) in [5.74, 6) is 0. The van der Waals surface area contributed by atoms with Crippen molar-refractivity contribution >= 4 is 17.6 Å². The Kier molecular flexibility index (Phi) is 4.10. The minimum absolute atomic E-state index is 0.0388. The number of nitro groups is 1. The third-order valence-electron chi connectivity index (χ3n) is 2.89. The molecular weight excluding hydrogens is 254 g/mol. The summed E-state index contributed by atoms with van der Waals surface area (Å²) >= 11 is 0. The first-order chi connectivity index (χ1) is 9.56. The van der Waals surface area contributed by atoms with Gasteiger partial charge in [-0.1, -0.05) is 29.8 Å². The van der Waals surface area contributed by atoms with Gasteiger partial charge in [0.25, 0.3) is 5.69 Å². The lowest BCUT2D eigenvalue weighted by molar-refractivity contribution is -0.384. The molecule has 20 heavy (non-hydrogen) atoms. The Bertz CT molecular complexity index is 666. The van der Waals surface area contributed by atoms with Gasteiger partial charge in [-0.3, -0.25) is 15.5 Å². The summed E-state index contributed by atoms with van der Waals surface area (Å²) in [6.45, 7) is 4.03. The molecular formula is C15H15N3O2. The van der Waals surface area contributed by atoms with Crippen LogP contribution in [0.4, 0.5) is 11.4 Å². The molecule has 102 valence electrons. The highest BCUT2D eigenvalue weighted by Gasteiger charge is 2.04. The van der Waals surface area contributed by atoms with Crippen molar-refractivity contribution < 1.29 is 4.92 Å². The van der Waals surface area contributed by atoms with Crippen molar-refractivity contribution in [3.05, 3.63) is 69.3 Å². The summed E-state index contributed by atoms with van der Waals surface area (Å²) in [6, 6.07) is 12.3. The number of anilines is 1. The number of rotatable bonds is 4. The normalized spacial score (nSPS) is 10.7. The van der Waals surface area contributed by atoms with Gasteiger partial charge in [0.1, 0.15) is 0 Å². The van der Waals surface area contributed by atoms with Crippen LogP contribution in [0.1, 0.15) is 16.7 Å². The van der Waals surface area contributed by atoms with Crippen molar-refractivity contribution in [3.8, 4) is 0 Å². The van der Waals surface area contributed by atoms with E-state index in [4.69, 9.17) is 0 Å². The number of hydrazone groups is 1. The zero-order valence-electron chi connectivity index (χ0n) is 11.3. The SMILES string of the molecule is Cc1ccc(C)c(C=NNc2cccc([N+](=O)[O-])c2)c1. The molecule has 0 unspecified atom stereocenters. The highest BCUT2D eigenvalue weighted by molar-refractivity contribution is 5.82. The highest BCUT2D eigenvalue weighted by Crippen LogP contribution is 2.17. The standard InChI is InChI=1S/C15H15N3O2/c1-11-6-7-12(2)13(8-11)10-16-17-14-4-3-5-15(9-14)18(19)20/h3-10,17H,1-2H3. The lowest BCUT2D eigenvalue weighted by atomic mass is 10.1. The molecule has 0 amide bonds. The third kappa shape index (κ3) is 3.41. The van der Waals surface area contributed by atoms with Gasteiger partial charge in [0.05, 0.1) is 16.8 Å². The average Bonchev–Trinajstić information content (AvgIpc) is 2.43. The van der Waals surface area contributed by atoms with E-state index in [0.29, 0.717) is 5.69 Å². The molecule has 5 nitrogen and oxygen atoms in total. The summed E-state index contributed by atoms with van der Waals surface area (Å²) in [4.78, 5) is 10.2. The molecule has 0 saturated carbocycles. The van der Waals surface area contributed by atoms with E-state index in [1.807, 2.05) is 32.0 Å². The van der Waals surface area contributed by atoms with Crippen LogP contribution in [0, 0.1) is 24.0 Å². The monoisotopic (exact) mass is 269 g/mol. The zero-order valence-corrected chi connectivity index (χ0v) is 11.3. The summed E-state index contributed by atoms with van der Waals surface area (Å²) < 4.78 is 0. The molecule has 5 heteroatoms. The summed E-state index contributed by atoms with van der Waals surface area (Å²) in [5, 5.41) is 14.8. The molecule has 1 N–H and O–H groups in total. The van der Waals surface area contributed by atoms with Gasteiger partial charge in [-0.25, -0.2) is 0 Å². The van der Waals surface area contributed by atoms with E-state index < -0.39 is 4.92 Å². The quantitative estimate of drug-likeness (QED) is 0.523. The summed E-state index contributed by atoms with van der Waals surface area (Å²) in [7, 11) is 0. The Morgan fingerprint density at radius 1 is 1.20 bits per heavy atom. The lowest BCUT2D eigenvalue weighted by Crippen LogP contribution is -1.94. The van der Waals surface area contributed by atoms with Crippen molar-refractivity contribution in [1.29, 1.82) is 0 Å². The molecule has 2 aromatic rings. The van der Waals surface area contributed by atoms with Crippen molar-refractivity contribution in [2.75, 3.05) is 5.43 Å². The second-order valence-electron chi connectivity index (χ2n) is 4.54. The average molecular weight is 269 g/mol. The maximum absolute atomic E-state index is 10.7. The van der Waals surface area contributed by atoms with Gasteiger partial charge in [-0.15, -0.1) is 0 Å². The fourth-order valence-electron chi connectivity index (χ4n) is 1.76. The van der Waals surface area contributed by atoms with Crippen LogP contribution in [0.25, 0.3) is 0 Å². The van der Waals surface area contributed by atoms with Crippen LogP contribution >= 0.6 is 0 Å². The summed E-state index contributed by atoms with van der Waals surface area (Å²) in [6.07, 6.45) is 1.71. The fraction of sp³-hybridized carbons (Fsp3) is 0.133. The van der Waals surface area contributed by atoms with Gasteiger partial charge in [0.2, 0.25) is 0 Å². The Labute approximate surface area is 117 Å². The maximum Gasteiger partial charge on any atom is 0.271 e. The van der Waals surface area contributed by atoms with E-state index >= 15 is 0 Å². The molecule has 0 aliphatic rings. The number of nitrogens with zero attached hydrogens (tertiary/aromatic N) is 2. The Morgan fingerprint density at radius 2 is 2.00 bits per heavy atom. The van der Waals surface area contributed by atoms with E-state index in [1.54, 1.807) is 18.3 Å². The first kappa shape index (κ1) is 13.7. The fourth-order valence-corrected chi connectivity index (χ4v) is 1.76. The van der Waals surface area contributed by atoms with E-state index in [1.165, 1.54) is 12.1 Å². The molecule has 0 radical (unpaired) electrons. The highest BCUT2D eigenvalue weighted by atomic mass is 16.6. The Morgan fingerprint density at radius 3 is 2.75 bits per heavy atom. The predicted octanol–water partition coefficient (Wildman–Crippen LogP) is 3.66. The minimum atomic E-state index is -0.431. The number of benzene rings is 2. The van der Waals surface area contributed by atoms with E-state index in [2.05, 4.69) is 10.5 Å². The van der Waals surface area contributed by atoms with E-state index in [9.17, 15) is 10.1 Å². The van der Waals surface area contributed by atoms with Crippen LogP contribution in [-0.4, -0.2) is 11.1 Å². The molecule has 0 aliphatic heterocycles. The van der Waals surface area contributed by atoms with Gasteiger partial charge in [-0.2, -0.15) is 5.10 Å². The smallest absolute Gasteiger partial charge is 0.271 e. The van der Waals surface area contributed by atoms with Crippen molar-refractivity contribution in [2.45, 2.75) is 13.8 Å². The Balaban J connectivity index is 2.12. The van der Waals surface area contributed by atoms with Crippen LogP contribution in [0.5, 0.6) is 0 Å². The van der Waals surface area contributed by atoms with Crippen molar-refractivity contribution in [3.63, 3.8) is 0 Å². The molecule has 0 bridgehead atoms. The number of nitro benzene ring substituents is 1. The van der Waals surface area contributed by atoms with Crippen LogP contribution in [-0.2, 0) is 0 Å². The third-order valence-corrected chi connectivity index (χ3v) is 2.89. The lowest BCUT2D eigenvalue weighted by Gasteiger charge is -2.02. The van der Waals surface area contributed by atoms with Crippen LogP contribution in [0.3, 0.4) is 0 Å². The van der Waals surface area contributed by atoms with E-state index in [-0.39, 0.29) is 5.69 Å². The zero-order chi connectivity index (χ0) is 14.5. The van der Waals surface area contributed by atoms with Crippen LogP contribution < -0.4 is 5.43 Å². The van der Waals surface area contributed by atoms with Gasteiger partial charge in [0.15, 0.2) is 0 Å². The number of non-ortho nitro benzene ring substituents is 1. The van der Waals surface area contributed by atoms with Gasteiger partial charge < -0.3 is 0 Å². The number of nitrogens with one attached hydrogen (secondary N) is 1. The molecule has 0 fully saturated rings. The topological polar surface area (TPSA) is 67.5 Å². The maximum atomic E-state index is 10.7. The number of aryl methyl sites for hydroxylation is 2. The molecule has 0 heterocycles. The predicted molar refractivity (Wildman–Crippen MR) is 80.2 cm³/mol.